The van der Waals surface area contributed by atoms with Gasteiger partial charge in [-0.15, -0.1) is 11.8 Å². The molecule has 0 aliphatic carbocycles. The number of nitrogens with zero attached hydrogens (tertiary/aromatic N) is 2. The van der Waals surface area contributed by atoms with Crippen LogP contribution in [0, 0.1) is 0 Å². The Kier molecular flexibility index (Phi) is 6.15. The molecular formula is C18H26N4OS. The Morgan fingerprint density at radius 1 is 1.42 bits per heavy atom. The van der Waals surface area contributed by atoms with Crippen LogP contribution >= 0.6 is 11.8 Å². The summed E-state index contributed by atoms with van der Waals surface area (Å²) in [5.41, 5.74) is 2.13. The fourth-order valence-electron chi connectivity index (χ4n) is 2.98. The Morgan fingerprint density at radius 3 is 3.12 bits per heavy atom. The van der Waals surface area contributed by atoms with E-state index in [0.29, 0.717) is 5.91 Å². The van der Waals surface area contributed by atoms with Crippen LogP contribution in [0.3, 0.4) is 0 Å². The summed E-state index contributed by atoms with van der Waals surface area (Å²) >= 11 is 1.89. The SMILES string of the molecule is CCCSc1ccc2nc(CNCCCN3CCCC3=O)[nH]c2c1. The predicted octanol–water partition coefficient (Wildman–Crippen LogP) is 3.17. The summed E-state index contributed by atoms with van der Waals surface area (Å²) in [4.78, 5) is 22.8. The van der Waals surface area contributed by atoms with Crippen molar-refractivity contribution in [1.82, 2.24) is 20.2 Å². The average molecular weight is 347 g/mol. The standard InChI is InChI=1S/C18H26N4OS/c1-2-11-24-14-6-7-15-16(12-14)21-17(20-15)13-19-8-4-10-22-9-3-5-18(22)23/h6-7,12,19H,2-5,8-11,13H2,1H3,(H,20,21). The van der Waals surface area contributed by atoms with E-state index in [-0.39, 0.29) is 0 Å². The Labute approximate surface area is 147 Å². The molecule has 1 aromatic carbocycles. The molecule has 1 fully saturated rings. The van der Waals surface area contributed by atoms with Crippen molar-refractivity contribution in [3.05, 3.63) is 24.0 Å². The van der Waals surface area contributed by atoms with Gasteiger partial charge in [-0.05, 0) is 49.8 Å². The minimum absolute atomic E-state index is 0.309. The number of benzene rings is 1. The first-order valence-electron chi connectivity index (χ1n) is 8.86. The van der Waals surface area contributed by atoms with Gasteiger partial charge < -0.3 is 15.2 Å². The number of aromatic amines is 1. The zero-order chi connectivity index (χ0) is 16.8. The third-order valence-corrected chi connectivity index (χ3v) is 5.42. The highest BCUT2D eigenvalue weighted by molar-refractivity contribution is 7.99. The molecule has 130 valence electrons. The van der Waals surface area contributed by atoms with Crippen molar-refractivity contribution in [2.24, 2.45) is 0 Å². The van der Waals surface area contributed by atoms with Gasteiger partial charge in [0.1, 0.15) is 5.82 Å². The van der Waals surface area contributed by atoms with Gasteiger partial charge in [-0.1, -0.05) is 6.92 Å². The Bertz CT molecular complexity index is 685. The van der Waals surface area contributed by atoms with E-state index in [1.807, 2.05) is 16.7 Å². The van der Waals surface area contributed by atoms with Crippen molar-refractivity contribution < 1.29 is 4.79 Å². The molecule has 6 heteroatoms. The van der Waals surface area contributed by atoms with E-state index in [0.717, 1.165) is 68.1 Å². The molecule has 0 radical (unpaired) electrons. The number of hydrogen-bond acceptors (Lipinski definition) is 4. The van der Waals surface area contributed by atoms with Gasteiger partial charge in [0.25, 0.3) is 0 Å². The number of thioether (sulfide) groups is 1. The number of nitrogens with one attached hydrogen (secondary N) is 2. The number of carbonyl (C=O) groups excluding carboxylic acids is 1. The zero-order valence-corrected chi connectivity index (χ0v) is 15.1. The summed E-state index contributed by atoms with van der Waals surface area (Å²) in [6, 6.07) is 6.42. The summed E-state index contributed by atoms with van der Waals surface area (Å²) < 4.78 is 0. The van der Waals surface area contributed by atoms with Crippen molar-refractivity contribution in [3.8, 4) is 0 Å². The van der Waals surface area contributed by atoms with Crippen molar-refractivity contribution >= 4 is 28.7 Å². The fourth-order valence-corrected chi connectivity index (χ4v) is 3.78. The Hall–Kier alpha value is -1.53. The van der Waals surface area contributed by atoms with Crippen LogP contribution in [0.15, 0.2) is 23.1 Å². The molecule has 0 spiro atoms. The first-order valence-corrected chi connectivity index (χ1v) is 9.85. The molecule has 2 aromatic rings. The maximum absolute atomic E-state index is 11.5. The lowest BCUT2D eigenvalue weighted by atomic mass is 10.3. The van der Waals surface area contributed by atoms with Crippen LogP contribution in [-0.2, 0) is 11.3 Å². The molecule has 24 heavy (non-hydrogen) atoms. The lowest BCUT2D eigenvalue weighted by molar-refractivity contribution is -0.127. The van der Waals surface area contributed by atoms with Gasteiger partial charge in [0.15, 0.2) is 0 Å². The van der Waals surface area contributed by atoms with Gasteiger partial charge >= 0.3 is 0 Å². The maximum atomic E-state index is 11.5. The van der Waals surface area contributed by atoms with Crippen LogP contribution in [0.2, 0.25) is 0 Å². The normalized spacial score (nSPS) is 14.9. The molecule has 0 bridgehead atoms. The summed E-state index contributed by atoms with van der Waals surface area (Å²) in [5, 5.41) is 3.41. The minimum atomic E-state index is 0.309. The van der Waals surface area contributed by atoms with Crippen LogP contribution in [0.1, 0.15) is 38.4 Å². The van der Waals surface area contributed by atoms with Crippen LogP contribution in [0.25, 0.3) is 11.0 Å². The fraction of sp³-hybridized carbons (Fsp3) is 0.556. The predicted molar refractivity (Wildman–Crippen MR) is 99.2 cm³/mol. The number of imidazole rings is 1. The second-order valence-electron chi connectivity index (χ2n) is 6.23. The molecule has 1 aliphatic heterocycles. The molecular weight excluding hydrogens is 320 g/mol. The summed E-state index contributed by atoms with van der Waals surface area (Å²) in [6.07, 6.45) is 3.92. The summed E-state index contributed by atoms with van der Waals surface area (Å²) in [6.45, 7) is 5.63. The van der Waals surface area contributed by atoms with E-state index in [2.05, 4.69) is 40.4 Å². The Morgan fingerprint density at radius 2 is 2.33 bits per heavy atom. The van der Waals surface area contributed by atoms with Crippen molar-refractivity contribution in [1.29, 1.82) is 0 Å². The molecule has 1 aromatic heterocycles. The smallest absolute Gasteiger partial charge is 0.222 e. The molecule has 5 nitrogen and oxygen atoms in total. The zero-order valence-electron chi connectivity index (χ0n) is 14.3. The van der Waals surface area contributed by atoms with Gasteiger partial charge in [0.05, 0.1) is 17.6 Å². The highest BCUT2D eigenvalue weighted by atomic mass is 32.2. The Balaban J connectivity index is 1.44. The number of H-pyrrole nitrogens is 1. The highest BCUT2D eigenvalue weighted by Crippen LogP contribution is 2.23. The second-order valence-corrected chi connectivity index (χ2v) is 7.39. The molecule has 1 aliphatic rings. The van der Waals surface area contributed by atoms with E-state index in [4.69, 9.17) is 0 Å². The number of likely N-dealkylation sites (tertiary alicyclic amines) is 1. The van der Waals surface area contributed by atoms with Gasteiger partial charge in [0.2, 0.25) is 5.91 Å². The number of rotatable bonds is 9. The number of carbonyl (C=O) groups is 1. The minimum Gasteiger partial charge on any atom is -0.343 e. The summed E-state index contributed by atoms with van der Waals surface area (Å²) in [5.74, 6) is 2.43. The molecule has 2 N–H and O–H groups in total. The molecule has 0 saturated carbocycles. The van der Waals surface area contributed by atoms with Crippen LogP contribution in [-0.4, -0.2) is 46.2 Å². The second kappa shape index (κ2) is 8.53. The third-order valence-electron chi connectivity index (χ3n) is 4.22. The largest absolute Gasteiger partial charge is 0.343 e. The number of fused-ring (bicyclic) bond motifs is 1. The van der Waals surface area contributed by atoms with Gasteiger partial charge in [-0.2, -0.15) is 0 Å². The number of hydrogen-bond donors (Lipinski definition) is 2. The lowest BCUT2D eigenvalue weighted by Gasteiger charge is -2.14. The van der Waals surface area contributed by atoms with Crippen LogP contribution in [0.5, 0.6) is 0 Å². The molecule has 3 rings (SSSR count). The van der Waals surface area contributed by atoms with Gasteiger partial charge in [-0.3, -0.25) is 4.79 Å². The van der Waals surface area contributed by atoms with E-state index >= 15 is 0 Å². The first kappa shape index (κ1) is 17.3. The van der Waals surface area contributed by atoms with Gasteiger partial charge in [0, 0.05) is 24.4 Å². The molecule has 2 heterocycles. The first-order chi connectivity index (χ1) is 11.8. The monoisotopic (exact) mass is 346 g/mol. The lowest BCUT2D eigenvalue weighted by Crippen LogP contribution is -2.28. The van der Waals surface area contributed by atoms with Gasteiger partial charge in [-0.25, -0.2) is 4.98 Å². The number of aromatic nitrogens is 2. The topological polar surface area (TPSA) is 61.0 Å². The van der Waals surface area contributed by atoms with Crippen LogP contribution in [0.4, 0.5) is 0 Å². The van der Waals surface area contributed by atoms with Crippen molar-refractivity contribution in [3.63, 3.8) is 0 Å². The maximum Gasteiger partial charge on any atom is 0.222 e. The van der Waals surface area contributed by atoms with Crippen molar-refractivity contribution in [2.75, 3.05) is 25.4 Å². The molecule has 0 atom stereocenters. The third kappa shape index (κ3) is 4.51. The highest BCUT2D eigenvalue weighted by Gasteiger charge is 2.18. The number of amides is 1. The van der Waals surface area contributed by atoms with E-state index in [1.165, 1.54) is 11.3 Å². The molecule has 0 unspecified atom stereocenters. The van der Waals surface area contributed by atoms with E-state index in [1.54, 1.807) is 0 Å². The quantitative estimate of drug-likeness (QED) is 0.541. The summed E-state index contributed by atoms with van der Waals surface area (Å²) in [7, 11) is 0. The van der Waals surface area contributed by atoms with E-state index in [9.17, 15) is 4.79 Å². The van der Waals surface area contributed by atoms with Crippen LogP contribution < -0.4 is 5.32 Å². The molecule has 1 amide bonds. The van der Waals surface area contributed by atoms with E-state index < -0.39 is 0 Å². The average Bonchev–Trinajstić information content (AvgIpc) is 3.18. The van der Waals surface area contributed by atoms with Crippen molar-refractivity contribution in [2.45, 2.75) is 44.0 Å². The molecule has 1 saturated heterocycles.